The Morgan fingerprint density at radius 3 is 3.12 bits per heavy atom. The summed E-state index contributed by atoms with van der Waals surface area (Å²) in [5.41, 5.74) is 0.938. The Labute approximate surface area is 47.7 Å². The van der Waals surface area contributed by atoms with Crippen LogP contribution >= 0.6 is 0 Å². The Balaban J connectivity index is 2.50. The molecule has 0 aliphatic rings. The molecule has 0 saturated heterocycles. The second-order valence-corrected chi connectivity index (χ2v) is 1.65. The van der Waals surface area contributed by atoms with Crippen LogP contribution in [0.15, 0.2) is 10.8 Å². The molecule has 0 spiro atoms. The summed E-state index contributed by atoms with van der Waals surface area (Å²) in [4.78, 5) is 0. The van der Waals surface area contributed by atoms with Crippen LogP contribution in [0, 0.1) is 0 Å². The summed E-state index contributed by atoms with van der Waals surface area (Å²) in [6.45, 7) is 2.09. The third kappa shape index (κ3) is 1.05. The molecule has 8 heavy (non-hydrogen) atoms. The highest BCUT2D eigenvalue weighted by Crippen LogP contribution is 1.93. The van der Waals surface area contributed by atoms with Crippen molar-refractivity contribution in [1.29, 1.82) is 0 Å². The zero-order valence-electron chi connectivity index (χ0n) is 4.79. The van der Waals surface area contributed by atoms with Gasteiger partial charge < -0.3 is 0 Å². The van der Waals surface area contributed by atoms with E-state index < -0.39 is 0 Å². The lowest BCUT2D eigenvalue weighted by atomic mass is 10.3. The van der Waals surface area contributed by atoms with Gasteiger partial charge in [0.1, 0.15) is 5.69 Å². The quantitative estimate of drug-likeness (QED) is 0.573. The molecule has 1 rings (SSSR count). The highest BCUT2D eigenvalue weighted by Gasteiger charge is 1.91. The van der Waals surface area contributed by atoms with E-state index in [-0.39, 0.29) is 0 Å². The van der Waals surface area contributed by atoms with Crippen molar-refractivity contribution in [3.8, 4) is 0 Å². The van der Waals surface area contributed by atoms with E-state index in [2.05, 4.69) is 21.9 Å². The van der Waals surface area contributed by atoms with Crippen LogP contribution in [-0.4, -0.2) is 10.3 Å². The van der Waals surface area contributed by atoms with Gasteiger partial charge in [-0.05, 0) is 6.42 Å². The second kappa shape index (κ2) is 2.45. The molecule has 0 aromatic carbocycles. The minimum absolute atomic E-state index is 0.938. The number of nitrogens with zero attached hydrogens (tertiary/aromatic N) is 2. The van der Waals surface area contributed by atoms with Gasteiger partial charge in [0.25, 0.3) is 0 Å². The van der Waals surface area contributed by atoms with Gasteiger partial charge in [-0.3, -0.25) is 0 Å². The van der Waals surface area contributed by atoms with Crippen LogP contribution < -0.4 is 0 Å². The largest absolute Gasteiger partial charge is 0.244 e. The van der Waals surface area contributed by atoms with Crippen molar-refractivity contribution in [2.75, 3.05) is 0 Å². The molecular formula is C5H8N2O. The molecule has 1 aromatic heterocycles. The molecule has 3 heteroatoms. The van der Waals surface area contributed by atoms with Crippen LogP contribution in [0.3, 0.4) is 0 Å². The molecular weight excluding hydrogens is 104 g/mol. The van der Waals surface area contributed by atoms with Gasteiger partial charge in [-0.1, -0.05) is 23.7 Å². The van der Waals surface area contributed by atoms with E-state index >= 15 is 0 Å². The molecule has 0 N–H and O–H groups in total. The first-order valence-electron chi connectivity index (χ1n) is 2.70. The third-order valence-corrected chi connectivity index (χ3v) is 0.913. The topological polar surface area (TPSA) is 38.9 Å². The number of aromatic nitrogens is 2. The van der Waals surface area contributed by atoms with Gasteiger partial charge in [0.05, 0.1) is 6.20 Å². The molecule has 44 valence electrons. The van der Waals surface area contributed by atoms with Crippen molar-refractivity contribution in [3.63, 3.8) is 0 Å². The van der Waals surface area contributed by atoms with Crippen LogP contribution in [0.1, 0.15) is 19.0 Å². The molecule has 1 aromatic rings. The standard InChI is InChI=1S/C5H8N2O/c1-2-3-5-4-6-8-7-5/h4H,2-3H2,1H3. The van der Waals surface area contributed by atoms with Crippen molar-refractivity contribution >= 4 is 0 Å². The maximum atomic E-state index is 4.37. The lowest BCUT2D eigenvalue weighted by molar-refractivity contribution is 0.303. The van der Waals surface area contributed by atoms with E-state index in [1.807, 2.05) is 0 Å². The van der Waals surface area contributed by atoms with Crippen molar-refractivity contribution in [2.45, 2.75) is 19.8 Å². The van der Waals surface area contributed by atoms with Crippen LogP contribution in [0.4, 0.5) is 0 Å². The first kappa shape index (κ1) is 5.28. The maximum absolute atomic E-state index is 4.37. The molecule has 0 atom stereocenters. The number of rotatable bonds is 2. The Morgan fingerprint density at radius 1 is 1.75 bits per heavy atom. The van der Waals surface area contributed by atoms with Crippen molar-refractivity contribution in [1.82, 2.24) is 10.3 Å². The number of aryl methyl sites for hydroxylation is 1. The molecule has 0 aliphatic carbocycles. The molecule has 0 fully saturated rings. The monoisotopic (exact) mass is 112 g/mol. The first-order valence-corrected chi connectivity index (χ1v) is 2.70. The number of hydrogen-bond acceptors (Lipinski definition) is 3. The van der Waals surface area contributed by atoms with Crippen molar-refractivity contribution < 1.29 is 4.63 Å². The summed E-state index contributed by atoms with van der Waals surface area (Å²) < 4.78 is 4.37. The molecule has 0 amide bonds. The average molecular weight is 112 g/mol. The summed E-state index contributed by atoms with van der Waals surface area (Å²) >= 11 is 0. The Morgan fingerprint density at radius 2 is 2.62 bits per heavy atom. The van der Waals surface area contributed by atoms with E-state index in [4.69, 9.17) is 0 Å². The minimum atomic E-state index is 0.938. The summed E-state index contributed by atoms with van der Waals surface area (Å²) in [6, 6.07) is 0. The van der Waals surface area contributed by atoms with Gasteiger partial charge in [0.15, 0.2) is 0 Å². The van der Waals surface area contributed by atoms with E-state index in [0.717, 1.165) is 18.5 Å². The normalized spacial score (nSPS) is 9.62. The van der Waals surface area contributed by atoms with E-state index in [1.54, 1.807) is 6.20 Å². The molecule has 0 unspecified atom stereocenters. The summed E-state index contributed by atoms with van der Waals surface area (Å²) in [6.07, 6.45) is 3.70. The minimum Gasteiger partial charge on any atom is -0.244 e. The fourth-order valence-electron chi connectivity index (χ4n) is 0.550. The van der Waals surface area contributed by atoms with Crippen LogP contribution in [0.25, 0.3) is 0 Å². The number of hydrogen-bond donors (Lipinski definition) is 0. The van der Waals surface area contributed by atoms with Gasteiger partial charge in [0, 0.05) is 0 Å². The van der Waals surface area contributed by atoms with Crippen molar-refractivity contribution in [2.24, 2.45) is 0 Å². The van der Waals surface area contributed by atoms with Gasteiger partial charge >= 0.3 is 0 Å². The molecule has 1 heterocycles. The Kier molecular flexibility index (Phi) is 1.62. The zero-order valence-corrected chi connectivity index (χ0v) is 4.79. The Hall–Kier alpha value is -0.860. The van der Waals surface area contributed by atoms with Crippen LogP contribution in [0.5, 0.6) is 0 Å². The predicted octanol–water partition coefficient (Wildman–Crippen LogP) is 1.02. The Bertz CT molecular complexity index is 136. The fraction of sp³-hybridized carbons (Fsp3) is 0.600. The van der Waals surface area contributed by atoms with Gasteiger partial charge in [-0.2, -0.15) is 0 Å². The van der Waals surface area contributed by atoms with Gasteiger partial charge in [0.2, 0.25) is 0 Å². The molecule has 0 aliphatic heterocycles. The molecule has 0 radical (unpaired) electrons. The second-order valence-electron chi connectivity index (χ2n) is 1.65. The van der Waals surface area contributed by atoms with Crippen molar-refractivity contribution in [3.05, 3.63) is 11.9 Å². The smallest absolute Gasteiger partial charge is 0.105 e. The van der Waals surface area contributed by atoms with Crippen LogP contribution in [0.2, 0.25) is 0 Å². The average Bonchev–Trinajstić information content (AvgIpc) is 2.19. The molecule has 0 saturated carbocycles. The fourth-order valence-corrected chi connectivity index (χ4v) is 0.550. The lowest BCUT2D eigenvalue weighted by Crippen LogP contribution is -1.79. The van der Waals surface area contributed by atoms with Gasteiger partial charge in [-0.15, -0.1) is 0 Å². The SMILES string of the molecule is CCCc1cnon1. The third-order valence-electron chi connectivity index (χ3n) is 0.913. The lowest BCUT2D eigenvalue weighted by Gasteiger charge is -1.81. The first-order chi connectivity index (χ1) is 3.93. The summed E-state index contributed by atoms with van der Waals surface area (Å²) in [5, 5.41) is 7.07. The molecule has 3 nitrogen and oxygen atoms in total. The maximum Gasteiger partial charge on any atom is 0.105 e. The predicted molar refractivity (Wildman–Crippen MR) is 28.3 cm³/mol. The van der Waals surface area contributed by atoms with E-state index in [0.29, 0.717) is 0 Å². The molecule has 0 bridgehead atoms. The summed E-state index contributed by atoms with van der Waals surface area (Å²) in [5.74, 6) is 0. The van der Waals surface area contributed by atoms with E-state index in [9.17, 15) is 0 Å². The highest BCUT2D eigenvalue weighted by atomic mass is 16.6. The van der Waals surface area contributed by atoms with Gasteiger partial charge in [-0.25, -0.2) is 4.63 Å². The highest BCUT2D eigenvalue weighted by molar-refractivity contribution is 4.87. The van der Waals surface area contributed by atoms with Crippen LogP contribution in [-0.2, 0) is 6.42 Å². The zero-order chi connectivity index (χ0) is 5.82. The summed E-state index contributed by atoms with van der Waals surface area (Å²) in [7, 11) is 0. The van der Waals surface area contributed by atoms with E-state index in [1.165, 1.54) is 0 Å².